The van der Waals surface area contributed by atoms with Gasteiger partial charge in [0.2, 0.25) is 0 Å². The van der Waals surface area contributed by atoms with Crippen LogP contribution in [0.15, 0.2) is 23.2 Å². The molecule has 2 amide bonds. The summed E-state index contributed by atoms with van der Waals surface area (Å²) in [5, 5.41) is 8.49. The van der Waals surface area contributed by atoms with Crippen molar-refractivity contribution in [2.75, 3.05) is 18.4 Å². The number of para-hydroxylation sites is 1. The molecule has 1 heterocycles. The SMILES string of the molecule is Cc1cccc(C)c1NC(=O)NC1=NCCN1. The first-order valence-electron chi connectivity index (χ1n) is 5.59. The first-order chi connectivity index (χ1) is 8.16. The fourth-order valence-corrected chi connectivity index (χ4v) is 1.75. The lowest BCUT2D eigenvalue weighted by molar-refractivity contribution is 0.256. The number of anilines is 1. The van der Waals surface area contributed by atoms with Gasteiger partial charge in [0.25, 0.3) is 0 Å². The van der Waals surface area contributed by atoms with E-state index in [0.29, 0.717) is 12.5 Å². The predicted octanol–water partition coefficient (Wildman–Crippen LogP) is 1.38. The van der Waals surface area contributed by atoms with Gasteiger partial charge in [-0.05, 0) is 25.0 Å². The van der Waals surface area contributed by atoms with E-state index in [2.05, 4.69) is 20.9 Å². The van der Waals surface area contributed by atoms with Crippen LogP contribution in [0.25, 0.3) is 0 Å². The fourth-order valence-electron chi connectivity index (χ4n) is 1.75. The average molecular weight is 232 g/mol. The minimum Gasteiger partial charge on any atom is -0.354 e. The number of rotatable bonds is 1. The molecule has 17 heavy (non-hydrogen) atoms. The van der Waals surface area contributed by atoms with Crippen LogP contribution < -0.4 is 16.0 Å². The van der Waals surface area contributed by atoms with Crippen LogP contribution in [0.4, 0.5) is 10.5 Å². The van der Waals surface area contributed by atoms with Crippen molar-refractivity contribution < 1.29 is 4.79 Å². The summed E-state index contributed by atoms with van der Waals surface area (Å²) >= 11 is 0. The number of urea groups is 1. The summed E-state index contributed by atoms with van der Waals surface area (Å²) < 4.78 is 0. The number of guanidine groups is 1. The van der Waals surface area contributed by atoms with E-state index < -0.39 is 0 Å². The van der Waals surface area contributed by atoms with E-state index in [0.717, 1.165) is 23.4 Å². The highest BCUT2D eigenvalue weighted by molar-refractivity contribution is 6.03. The van der Waals surface area contributed by atoms with Gasteiger partial charge in [-0.15, -0.1) is 0 Å². The molecule has 1 aliphatic rings. The molecule has 90 valence electrons. The Balaban J connectivity index is 2.02. The van der Waals surface area contributed by atoms with Crippen molar-refractivity contribution in [3.8, 4) is 0 Å². The van der Waals surface area contributed by atoms with Crippen molar-refractivity contribution in [1.82, 2.24) is 10.6 Å². The third-order valence-corrected chi connectivity index (χ3v) is 2.63. The van der Waals surface area contributed by atoms with Crippen LogP contribution >= 0.6 is 0 Å². The summed E-state index contributed by atoms with van der Waals surface area (Å²) in [5.41, 5.74) is 2.94. The monoisotopic (exact) mass is 232 g/mol. The van der Waals surface area contributed by atoms with E-state index in [9.17, 15) is 4.79 Å². The molecule has 1 aliphatic heterocycles. The normalized spacial score (nSPS) is 13.9. The average Bonchev–Trinajstić information content (AvgIpc) is 2.76. The molecular formula is C12H16N4O. The lowest BCUT2D eigenvalue weighted by atomic mass is 10.1. The molecule has 1 aromatic rings. The van der Waals surface area contributed by atoms with Crippen molar-refractivity contribution >= 4 is 17.7 Å². The number of aryl methyl sites for hydroxylation is 2. The highest BCUT2D eigenvalue weighted by atomic mass is 16.2. The maximum absolute atomic E-state index is 11.7. The van der Waals surface area contributed by atoms with Crippen LogP contribution in [-0.4, -0.2) is 25.1 Å². The minimum atomic E-state index is -0.268. The third-order valence-electron chi connectivity index (χ3n) is 2.63. The molecule has 3 N–H and O–H groups in total. The molecule has 0 aliphatic carbocycles. The number of nitrogens with zero attached hydrogens (tertiary/aromatic N) is 1. The van der Waals surface area contributed by atoms with Gasteiger partial charge in [0.1, 0.15) is 0 Å². The van der Waals surface area contributed by atoms with E-state index >= 15 is 0 Å². The molecule has 5 nitrogen and oxygen atoms in total. The van der Waals surface area contributed by atoms with E-state index in [-0.39, 0.29) is 6.03 Å². The molecule has 0 spiro atoms. The Morgan fingerprint density at radius 3 is 2.59 bits per heavy atom. The van der Waals surface area contributed by atoms with Crippen LogP contribution in [0.5, 0.6) is 0 Å². The highest BCUT2D eigenvalue weighted by Gasteiger charge is 2.11. The predicted molar refractivity (Wildman–Crippen MR) is 68.4 cm³/mol. The fraction of sp³-hybridized carbons (Fsp3) is 0.333. The number of aliphatic imine (C=N–C) groups is 1. The number of benzene rings is 1. The zero-order valence-corrected chi connectivity index (χ0v) is 10.0. The zero-order valence-electron chi connectivity index (χ0n) is 10.0. The Morgan fingerprint density at radius 1 is 1.29 bits per heavy atom. The summed E-state index contributed by atoms with van der Waals surface area (Å²) in [6, 6.07) is 5.63. The lowest BCUT2D eigenvalue weighted by Gasteiger charge is -2.12. The third kappa shape index (κ3) is 2.75. The topological polar surface area (TPSA) is 65.5 Å². The van der Waals surface area contributed by atoms with Gasteiger partial charge >= 0.3 is 6.03 Å². The molecule has 0 saturated carbocycles. The molecular weight excluding hydrogens is 216 g/mol. The van der Waals surface area contributed by atoms with E-state index in [4.69, 9.17) is 0 Å². The van der Waals surface area contributed by atoms with Gasteiger partial charge < -0.3 is 10.6 Å². The molecule has 1 aromatic carbocycles. The number of carbonyl (C=O) groups is 1. The summed E-state index contributed by atoms with van der Waals surface area (Å²) in [5.74, 6) is 0.536. The first-order valence-corrected chi connectivity index (χ1v) is 5.59. The Morgan fingerprint density at radius 2 is 2.00 bits per heavy atom. The molecule has 2 rings (SSSR count). The molecule has 0 bridgehead atoms. The summed E-state index contributed by atoms with van der Waals surface area (Å²) in [6.07, 6.45) is 0. The van der Waals surface area contributed by atoms with Gasteiger partial charge in [0.15, 0.2) is 5.96 Å². The Hall–Kier alpha value is -2.04. The molecule has 0 atom stereocenters. The molecule has 0 radical (unpaired) electrons. The molecule has 0 fully saturated rings. The quantitative estimate of drug-likeness (QED) is 0.685. The number of hydrogen-bond acceptors (Lipinski definition) is 3. The Kier molecular flexibility index (Phi) is 3.27. The number of nitrogens with one attached hydrogen (secondary N) is 3. The van der Waals surface area contributed by atoms with Gasteiger partial charge in [-0.3, -0.25) is 10.3 Å². The maximum atomic E-state index is 11.7. The van der Waals surface area contributed by atoms with Crippen LogP contribution in [0.3, 0.4) is 0 Å². The summed E-state index contributed by atoms with van der Waals surface area (Å²) in [7, 11) is 0. The molecule has 0 aromatic heterocycles. The first kappa shape index (κ1) is 11.4. The standard InChI is InChI=1S/C12H16N4O/c1-8-4-3-5-9(2)10(8)15-12(17)16-11-13-6-7-14-11/h3-5H,6-7H2,1-2H3,(H3,13,14,15,16,17). The van der Waals surface area contributed by atoms with Crippen molar-refractivity contribution in [2.24, 2.45) is 4.99 Å². The van der Waals surface area contributed by atoms with Crippen molar-refractivity contribution in [3.05, 3.63) is 29.3 Å². The number of hydrogen-bond donors (Lipinski definition) is 3. The Labute approximate surface area is 100 Å². The van der Waals surface area contributed by atoms with Gasteiger partial charge in [0, 0.05) is 12.2 Å². The van der Waals surface area contributed by atoms with Crippen LogP contribution in [-0.2, 0) is 0 Å². The smallest absolute Gasteiger partial charge is 0.326 e. The van der Waals surface area contributed by atoms with Crippen LogP contribution in [0, 0.1) is 13.8 Å². The molecule has 5 heteroatoms. The minimum absolute atomic E-state index is 0.268. The lowest BCUT2D eigenvalue weighted by Crippen LogP contribution is -2.40. The Bertz CT molecular complexity index is 447. The van der Waals surface area contributed by atoms with E-state index in [1.807, 2.05) is 32.0 Å². The van der Waals surface area contributed by atoms with E-state index in [1.54, 1.807) is 0 Å². The highest BCUT2D eigenvalue weighted by Crippen LogP contribution is 2.18. The molecule has 0 unspecified atom stereocenters. The second kappa shape index (κ2) is 4.86. The summed E-state index contributed by atoms with van der Waals surface area (Å²) in [4.78, 5) is 15.8. The number of amides is 2. The molecule has 0 saturated heterocycles. The zero-order chi connectivity index (χ0) is 12.3. The van der Waals surface area contributed by atoms with Gasteiger partial charge in [-0.2, -0.15) is 0 Å². The van der Waals surface area contributed by atoms with Crippen LogP contribution in [0.2, 0.25) is 0 Å². The van der Waals surface area contributed by atoms with Crippen molar-refractivity contribution in [2.45, 2.75) is 13.8 Å². The maximum Gasteiger partial charge on any atom is 0.326 e. The van der Waals surface area contributed by atoms with Gasteiger partial charge in [-0.25, -0.2) is 4.79 Å². The van der Waals surface area contributed by atoms with E-state index in [1.165, 1.54) is 0 Å². The van der Waals surface area contributed by atoms with Crippen molar-refractivity contribution in [3.63, 3.8) is 0 Å². The second-order valence-corrected chi connectivity index (χ2v) is 4.00. The second-order valence-electron chi connectivity index (χ2n) is 4.00. The number of carbonyl (C=O) groups excluding carboxylic acids is 1. The van der Waals surface area contributed by atoms with Crippen LogP contribution in [0.1, 0.15) is 11.1 Å². The van der Waals surface area contributed by atoms with Gasteiger partial charge in [0.05, 0.1) is 6.54 Å². The van der Waals surface area contributed by atoms with Crippen molar-refractivity contribution in [1.29, 1.82) is 0 Å². The largest absolute Gasteiger partial charge is 0.354 e. The summed E-state index contributed by atoms with van der Waals surface area (Å²) in [6.45, 7) is 5.42. The van der Waals surface area contributed by atoms with Gasteiger partial charge in [-0.1, -0.05) is 18.2 Å².